The number of hydrogen-bond donors (Lipinski definition) is 1. The van der Waals surface area contributed by atoms with Crippen LogP contribution in [0.2, 0.25) is 0 Å². The van der Waals surface area contributed by atoms with Crippen LogP contribution in [0.15, 0.2) is 24.3 Å². The smallest absolute Gasteiger partial charge is 0.119 e. The van der Waals surface area contributed by atoms with Gasteiger partial charge in [-0.15, -0.1) is 0 Å². The lowest BCUT2D eigenvalue weighted by Crippen LogP contribution is -2.39. The van der Waals surface area contributed by atoms with Crippen LogP contribution in [-0.4, -0.2) is 66.4 Å². The molecule has 1 heterocycles. The van der Waals surface area contributed by atoms with Crippen LogP contribution in [0.3, 0.4) is 0 Å². The summed E-state index contributed by atoms with van der Waals surface area (Å²) in [6, 6.07) is 8.59. The number of ether oxygens (including phenoxy) is 1. The Morgan fingerprint density at radius 3 is 2.59 bits per heavy atom. The van der Waals surface area contributed by atoms with Gasteiger partial charge >= 0.3 is 0 Å². The molecule has 0 spiro atoms. The number of likely N-dealkylation sites (N-methyl/N-ethyl adjacent to an activating group) is 1. The number of aliphatic hydroxyl groups excluding tert-OH is 1. The van der Waals surface area contributed by atoms with Crippen molar-refractivity contribution in [2.24, 2.45) is 0 Å². The molecule has 2 rings (SSSR count). The first-order valence-electron chi connectivity index (χ1n) is 8.46. The summed E-state index contributed by atoms with van der Waals surface area (Å²) in [5.74, 6) is 0.826. The van der Waals surface area contributed by atoms with Crippen molar-refractivity contribution in [3.05, 3.63) is 29.8 Å². The van der Waals surface area contributed by atoms with Gasteiger partial charge in [-0.1, -0.05) is 31.5 Å². The van der Waals surface area contributed by atoms with E-state index in [2.05, 4.69) is 30.6 Å². The Hall–Kier alpha value is -1.10. The number of benzene rings is 1. The van der Waals surface area contributed by atoms with Crippen molar-refractivity contribution in [2.75, 3.05) is 39.3 Å². The molecule has 1 aromatic rings. The van der Waals surface area contributed by atoms with Gasteiger partial charge in [0.15, 0.2) is 0 Å². The lowest BCUT2D eigenvalue weighted by atomic mass is 10.2. The van der Waals surface area contributed by atoms with Crippen LogP contribution < -0.4 is 4.74 Å². The van der Waals surface area contributed by atoms with Crippen molar-refractivity contribution in [1.82, 2.24) is 9.80 Å². The highest BCUT2D eigenvalue weighted by atomic mass is 16.5. The normalized spacial score (nSPS) is 20.5. The van der Waals surface area contributed by atoms with Gasteiger partial charge in [0.2, 0.25) is 0 Å². The SMILES string of the molecule is CCN(CC)C1CCN(CC(O)COc2ccc(C)cc2)C1. The second-order valence-electron chi connectivity index (χ2n) is 6.20. The Labute approximate surface area is 134 Å². The minimum absolute atomic E-state index is 0.357. The third kappa shape index (κ3) is 4.97. The first-order chi connectivity index (χ1) is 10.6. The summed E-state index contributed by atoms with van der Waals surface area (Å²) >= 11 is 0. The van der Waals surface area contributed by atoms with E-state index in [0.717, 1.165) is 31.9 Å². The van der Waals surface area contributed by atoms with Crippen LogP contribution in [0.25, 0.3) is 0 Å². The topological polar surface area (TPSA) is 35.9 Å². The average Bonchev–Trinajstić information content (AvgIpc) is 2.96. The zero-order chi connectivity index (χ0) is 15.9. The lowest BCUT2D eigenvalue weighted by Gasteiger charge is -2.26. The fraction of sp³-hybridized carbons (Fsp3) is 0.667. The summed E-state index contributed by atoms with van der Waals surface area (Å²) in [7, 11) is 0. The quantitative estimate of drug-likeness (QED) is 0.798. The van der Waals surface area contributed by atoms with E-state index in [0.29, 0.717) is 19.2 Å². The molecule has 0 bridgehead atoms. The van der Waals surface area contributed by atoms with Crippen LogP contribution in [0.5, 0.6) is 5.75 Å². The van der Waals surface area contributed by atoms with Gasteiger partial charge in [-0.2, -0.15) is 0 Å². The van der Waals surface area contributed by atoms with Crippen molar-refractivity contribution in [3.63, 3.8) is 0 Å². The molecule has 1 aliphatic heterocycles. The van der Waals surface area contributed by atoms with E-state index >= 15 is 0 Å². The number of aryl methyl sites for hydroxylation is 1. The Kier molecular flexibility index (Phi) is 6.68. The summed E-state index contributed by atoms with van der Waals surface area (Å²) in [6.45, 7) is 11.9. The molecular weight excluding hydrogens is 276 g/mol. The molecule has 1 aromatic carbocycles. The van der Waals surface area contributed by atoms with Crippen molar-refractivity contribution < 1.29 is 9.84 Å². The van der Waals surface area contributed by atoms with Crippen molar-refractivity contribution >= 4 is 0 Å². The molecule has 4 heteroatoms. The Balaban J connectivity index is 1.71. The molecule has 4 nitrogen and oxygen atoms in total. The average molecular weight is 306 g/mol. The summed E-state index contributed by atoms with van der Waals surface area (Å²) in [5, 5.41) is 10.2. The monoisotopic (exact) mass is 306 g/mol. The summed E-state index contributed by atoms with van der Waals surface area (Å²) in [5.41, 5.74) is 1.22. The van der Waals surface area contributed by atoms with E-state index in [4.69, 9.17) is 4.74 Å². The fourth-order valence-electron chi connectivity index (χ4n) is 3.19. The second-order valence-corrected chi connectivity index (χ2v) is 6.20. The van der Waals surface area contributed by atoms with Gasteiger partial charge in [-0.25, -0.2) is 0 Å². The predicted octanol–water partition coefficient (Wildman–Crippen LogP) is 2.15. The number of nitrogens with zero attached hydrogens (tertiary/aromatic N) is 2. The van der Waals surface area contributed by atoms with E-state index in [1.165, 1.54) is 12.0 Å². The van der Waals surface area contributed by atoms with Crippen LogP contribution in [-0.2, 0) is 0 Å². The van der Waals surface area contributed by atoms with Crippen LogP contribution in [0.4, 0.5) is 0 Å². The van der Waals surface area contributed by atoms with Gasteiger partial charge in [0.1, 0.15) is 18.5 Å². The van der Waals surface area contributed by atoms with Crippen LogP contribution in [0.1, 0.15) is 25.8 Å². The van der Waals surface area contributed by atoms with Gasteiger partial charge in [0, 0.05) is 19.1 Å². The van der Waals surface area contributed by atoms with Crippen molar-refractivity contribution in [1.29, 1.82) is 0 Å². The highest BCUT2D eigenvalue weighted by molar-refractivity contribution is 5.26. The summed E-state index contributed by atoms with van der Waals surface area (Å²) < 4.78 is 5.66. The molecule has 124 valence electrons. The first kappa shape index (κ1) is 17.3. The number of rotatable bonds is 8. The van der Waals surface area contributed by atoms with E-state index in [1.807, 2.05) is 24.3 Å². The maximum Gasteiger partial charge on any atom is 0.119 e. The zero-order valence-electron chi connectivity index (χ0n) is 14.2. The van der Waals surface area contributed by atoms with Crippen molar-refractivity contribution in [3.8, 4) is 5.75 Å². The Bertz CT molecular complexity index is 431. The van der Waals surface area contributed by atoms with E-state index < -0.39 is 6.10 Å². The number of aliphatic hydroxyl groups is 1. The number of β-amino-alcohol motifs (C(OH)–C–C–N with tert-alkyl or cyclic N) is 1. The van der Waals surface area contributed by atoms with E-state index in [9.17, 15) is 5.11 Å². The second kappa shape index (κ2) is 8.51. The summed E-state index contributed by atoms with van der Waals surface area (Å²) in [6.07, 6.45) is 0.768. The molecule has 0 saturated carbocycles. The standard InChI is InChI=1S/C18H30N2O2/c1-4-20(5-2)16-10-11-19(12-16)13-17(21)14-22-18-8-6-15(3)7-9-18/h6-9,16-17,21H,4-5,10-14H2,1-3H3. The van der Waals surface area contributed by atoms with Gasteiger partial charge < -0.3 is 9.84 Å². The molecule has 1 saturated heterocycles. The largest absolute Gasteiger partial charge is 0.491 e. The molecule has 0 aromatic heterocycles. The fourth-order valence-corrected chi connectivity index (χ4v) is 3.19. The van der Waals surface area contributed by atoms with Gasteiger partial charge in [-0.3, -0.25) is 9.80 Å². The molecule has 1 fully saturated rings. The third-order valence-corrected chi connectivity index (χ3v) is 4.51. The molecule has 1 aliphatic rings. The van der Waals surface area contributed by atoms with E-state index in [1.54, 1.807) is 0 Å². The first-order valence-corrected chi connectivity index (χ1v) is 8.46. The molecule has 0 aliphatic carbocycles. The van der Waals surface area contributed by atoms with Gasteiger partial charge in [-0.05, 0) is 45.1 Å². The Morgan fingerprint density at radius 1 is 1.27 bits per heavy atom. The molecule has 0 radical (unpaired) electrons. The van der Waals surface area contributed by atoms with Gasteiger partial charge in [0.05, 0.1) is 0 Å². The molecule has 22 heavy (non-hydrogen) atoms. The third-order valence-electron chi connectivity index (χ3n) is 4.51. The number of likely N-dealkylation sites (tertiary alicyclic amines) is 1. The van der Waals surface area contributed by atoms with Crippen molar-refractivity contribution in [2.45, 2.75) is 39.3 Å². The van der Waals surface area contributed by atoms with Gasteiger partial charge in [0.25, 0.3) is 0 Å². The molecular formula is C18H30N2O2. The molecule has 1 N–H and O–H groups in total. The molecule has 2 atom stereocenters. The minimum Gasteiger partial charge on any atom is -0.491 e. The summed E-state index contributed by atoms with van der Waals surface area (Å²) in [4.78, 5) is 4.86. The van der Waals surface area contributed by atoms with Crippen LogP contribution >= 0.6 is 0 Å². The van der Waals surface area contributed by atoms with E-state index in [-0.39, 0.29) is 0 Å². The maximum absolute atomic E-state index is 10.2. The predicted molar refractivity (Wildman–Crippen MR) is 90.4 cm³/mol. The molecule has 2 unspecified atom stereocenters. The lowest BCUT2D eigenvalue weighted by molar-refractivity contribution is 0.0729. The van der Waals surface area contributed by atoms with Crippen LogP contribution in [0, 0.1) is 6.92 Å². The highest BCUT2D eigenvalue weighted by Gasteiger charge is 2.27. The number of hydrogen-bond acceptors (Lipinski definition) is 4. The zero-order valence-corrected chi connectivity index (χ0v) is 14.2. The maximum atomic E-state index is 10.2. The minimum atomic E-state index is -0.434. The Morgan fingerprint density at radius 2 is 1.95 bits per heavy atom. The molecule has 0 amide bonds. The highest BCUT2D eigenvalue weighted by Crippen LogP contribution is 2.16.